The molecule has 8 nitrogen and oxygen atoms in total. The Bertz CT molecular complexity index is 840. The Labute approximate surface area is 145 Å². The van der Waals surface area contributed by atoms with Gasteiger partial charge in [0.05, 0.1) is 12.1 Å². The van der Waals surface area contributed by atoms with Gasteiger partial charge in [-0.15, -0.1) is 10.2 Å². The molecule has 0 saturated heterocycles. The molecule has 0 radical (unpaired) electrons. The average Bonchev–Trinajstić information content (AvgIpc) is 3.30. The highest BCUT2D eigenvalue weighted by atomic mass is 16.4. The van der Waals surface area contributed by atoms with Crippen LogP contribution >= 0.6 is 0 Å². The molecule has 2 heterocycles. The quantitative estimate of drug-likeness (QED) is 0.740. The van der Waals surface area contributed by atoms with Gasteiger partial charge in [0.25, 0.3) is 5.91 Å². The fourth-order valence-corrected chi connectivity index (χ4v) is 2.50. The lowest BCUT2D eigenvalue weighted by Gasteiger charge is -2.26. The standard InChI is InChI=1S/C17H20N6O2/c1-4-14-20-21-15(25-14)9-23(11(2)3)17(24)13-8-6-5-7-12(13)16-18-10-19-22-16/h5-8,10-11H,4,9H2,1-3H3,(H,18,19,22). The molecule has 0 bridgehead atoms. The van der Waals surface area contributed by atoms with E-state index in [2.05, 4.69) is 25.4 Å². The van der Waals surface area contributed by atoms with E-state index in [1.807, 2.05) is 39.0 Å². The third-order valence-electron chi connectivity index (χ3n) is 3.83. The maximum absolute atomic E-state index is 13.2. The Hall–Kier alpha value is -3.03. The third-order valence-corrected chi connectivity index (χ3v) is 3.83. The number of H-pyrrole nitrogens is 1. The Morgan fingerprint density at radius 3 is 2.64 bits per heavy atom. The fourth-order valence-electron chi connectivity index (χ4n) is 2.50. The molecule has 1 amide bonds. The number of nitrogens with zero attached hydrogens (tertiary/aromatic N) is 5. The van der Waals surface area contributed by atoms with E-state index >= 15 is 0 Å². The summed E-state index contributed by atoms with van der Waals surface area (Å²) in [6, 6.07) is 7.27. The van der Waals surface area contributed by atoms with Gasteiger partial charge in [-0.25, -0.2) is 4.98 Å². The molecule has 1 aromatic carbocycles. The van der Waals surface area contributed by atoms with Gasteiger partial charge in [-0.05, 0) is 19.9 Å². The second-order valence-corrected chi connectivity index (χ2v) is 5.85. The van der Waals surface area contributed by atoms with Crippen LogP contribution in [-0.4, -0.2) is 42.2 Å². The number of aromatic nitrogens is 5. The second kappa shape index (κ2) is 7.25. The van der Waals surface area contributed by atoms with Crippen molar-refractivity contribution in [2.45, 2.75) is 39.8 Å². The average molecular weight is 340 g/mol. The van der Waals surface area contributed by atoms with Crippen LogP contribution in [-0.2, 0) is 13.0 Å². The summed E-state index contributed by atoms with van der Waals surface area (Å²) in [7, 11) is 0. The molecule has 3 rings (SSSR count). The molecule has 0 spiro atoms. The molecule has 0 aliphatic rings. The Morgan fingerprint density at radius 1 is 1.24 bits per heavy atom. The Balaban J connectivity index is 1.91. The van der Waals surface area contributed by atoms with Crippen LogP contribution in [0.3, 0.4) is 0 Å². The van der Waals surface area contributed by atoms with E-state index in [0.29, 0.717) is 35.2 Å². The molecule has 0 fully saturated rings. The molecule has 1 N–H and O–H groups in total. The molecule has 0 atom stereocenters. The summed E-state index contributed by atoms with van der Waals surface area (Å²) in [5, 5.41) is 14.6. The van der Waals surface area contributed by atoms with Crippen LogP contribution in [0.5, 0.6) is 0 Å². The lowest BCUT2D eigenvalue weighted by molar-refractivity contribution is 0.0672. The maximum atomic E-state index is 13.2. The Kier molecular flexibility index (Phi) is 4.87. The first-order chi connectivity index (χ1) is 12.1. The number of nitrogens with one attached hydrogen (secondary N) is 1. The van der Waals surface area contributed by atoms with Crippen LogP contribution in [0.25, 0.3) is 11.4 Å². The molecule has 0 saturated carbocycles. The van der Waals surface area contributed by atoms with Crippen molar-refractivity contribution in [3.8, 4) is 11.4 Å². The molecular formula is C17H20N6O2. The molecule has 25 heavy (non-hydrogen) atoms. The first-order valence-electron chi connectivity index (χ1n) is 8.17. The number of carbonyl (C=O) groups is 1. The first kappa shape index (κ1) is 16.8. The van der Waals surface area contributed by atoms with Crippen molar-refractivity contribution in [3.05, 3.63) is 47.9 Å². The number of amides is 1. The monoisotopic (exact) mass is 340 g/mol. The van der Waals surface area contributed by atoms with Gasteiger partial charge in [0.2, 0.25) is 11.8 Å². The zero-order chi connectivity index (χ0) is 17.8. The minimum absolute atomic E-state index is 0.0349. The van der Waals surface area contributed by atoms with Crippen molar-refractivity contribution in [1.29, 1.82) is 0 Å². The Morgan fingerprint density at radius 2 is 2.00 bits per heavy atom. The largest absolute Gasteiger partial charge is 0.423 e. The summed E-state index contributed by atoms with van der Waals surface area (Å²) in [6.07, 6.45) is 2.08. The number of rotatable bonds is 6. The van der Waals surface area contributed by atoms with Crippen molar-refractivity contribution in [1.82, 2.24) is 30.3 Å². The highest BCUT2D eigenvalue weighted by Crippen LogP contribution is 2.22. The number of hydrogen-bond donors (Lipinski definition) is 1. The molecular weight excluding hydrogens is 320 g/mol. The van der Waals surface area contributed by atoms with E-state index in [-0.39, 0.29) is 18.5 Å². The van der Waals surface area contributed by atoms with Gasteiger partial charge in [0, 0.05) is 18.0 Å². The molecule has 2 aromatic heterocycles. The van der Waals surface area contributed by atoms with E-state index in [1.54, 1.807) is 11.0 Å². The summed E-state index contributed by atoms with van der Waals surface area (Å²) in [5.41, 5.74) is 1.25. The molecule has 3 aromatic rings. The summed E-state index contributed by atoms with van der Waals surface area (Å²) < 4.78 is 5.56. The van der Waals surface area contributed by atoms with Gasteiger partial charge in [0.1, 0.15) is 6.33 Å². The SMILES string of the molecule is CCc1nnc(CN(C(=O)c2ccccc2-c2ncn[nH]2)C(C)C)o1. The van der Waals surface area contributed by atoms with Gasteiger partial charge < -0.3 is 9.32 Å². The molecule has 0 unspecified atom stereocenters. The first-order valence-corrected chi connectivity index (χ1v) is 8.17. The van der Waals surface area contributed by atoms with E-state index in [1.165, 1.54) is 6.33 Å². The number of benzene rings is 1. The summed E-state index contributed by atoms with van der Waals surface area (Å²) in [4.78, 5) is 19.0. The predicted molar refractivity (Wildman–Crippen MR) is 90.5 cm³/mol. The number of carbonyl (C=O) groups excluding carboxylic acids is 1. The van der Waals surface area contributed by atoms with Crippen LogP contribution in [0, 0.1) is 0 Å². The highest BCUT2D eigenvalue weighted by Gasteiger charge is 2.24. The van der Waals surface area contributed by atoms with Crippen molar-refractivity contribution >= 4 is 5.91 Å². The number of aryl methyl sites for hydroxylation is 1. The smallest absolute Gasteiger partial charge is 0.255 e. The molecule has 130 valence electrons. The van der Waals surface area contributed by atoms with Crippen molar-refractivity contribution < 1.29 is 9.21 Å². The van der Waals surface area contributed by atoms with Crippen molar-refractivity contribution in [2.75, 3.05) is 0 Å². The van der Waals surface area contributed by atoms with Gasteiger partial charge in [-0.2, -0.15) is 5.10 Å². The fraction of sp³-hybridized carbons (Fsp3) is 0.353. The molecule has 8 heteroatoms. The van der Waals surface area contributed by atoms with Gasteiger partial charge in [0.15, 0.2) is 5.82 Å². The van der Waals surface area contributed by atoms with E-state index in [9.17, 15) is 4.79 Å². The van der Waals surface area contributed by atoms with Crippen LogP contribution in [0.1, 0.15) is 42.9 Å². The highest BCUT2D eigenvalue weighted by molar-refractivity contribution is 6.00. The minimum atomic E-state index is -0.127. The van der Waals surface area contributed by atoms with Crippen molar-refractivity contribution in [2.24, 2.45) is 0 Å². The van der Waals surface area contributed by atoms with Crippen LogP contribution < -0.4 is 0 Å². The van der Waals surface area contributed by atoms with Crippen LogP contribution in [0.2, 0.25) is 0 Å². The van der Waals surface area contributed by atoms with Gasteiger partial charge in [-0.1, -0.05) is 25.1 Å². The number of hydrogen-bond acceptors (Lipinski definition) is 6. The third kappa shape index (κ3) is 3.57. The predicted octanol–water partition coefficient (Wildman–Crippen LogP) is 2.47. The summed E-state index contributed by atoms with van der Waals surface area (Å²) in [6.45, 7) is 6.10. The normalized spacial score (nSPS) is 11.0. The topological polar surface area (TPSA) is 101 Å². The van der Waals surface area contributed by atoms with Crippen molar-refractivity contribution in [3.63, 3.8) is 0 Å². The van der Waals surface area contributed by atoms with E-state index in [4.69, 9.17) is 4.42 Å². The van der Waals surface area contributed by atoms with Crippen LogP contribution in [0.15, 0.2) is 35.0 Å². The second-order valence-electron chi connectivity index (χ2n) is 5.85. The van der Waals surface area contributed by atoms with Gasteiger partial charge in [-0.3, -0.25) is 9.89 Å². The van der Waals surface area contributed by atoms with Gasteiger partial charge >= 0.3 is 0 Å². The zero-order valence-electron chi connectivity index (χ0n) is 14.4. The van der Waals surface area contributed by atoms with E-state index in [0.717, 1.165) is 0 Å². The molecule has 0 aliphatic carbocycles. The summed E-state index contributed by atoms with van der Waals surface area (Å²) >= 11 is 0. The lowest BCUT2D eigenvalue weighted by Crippen LogP contribution is -2.36. The zero-order valence-corrected chi connectivity index (χ0v) is 14.4. The molecule has 0 aliphatic heterocycles. The maximum Gasteiger partial charge on any atom is 0.255 e. The lowest BCUT2D eigenvalue weighted by atomic mass is 10.0. The van der Waals surface area contributed by atoms with Crippen LogP contribution in [0.4, 0.5) is 0 Å². The van der Waals surface area contributed by atoms with E-state index < -0.39 is 0 Å². The minimum Gasteiger partial charge on any atom is -0.423 e. The number of aromatic amines is 1. The summed E-state index contributed by atoms with van der Waals surface area (Å²) in [5.74, 6) is 1.42.